The molecule has 0 bridgehead atoms. The topological polar surface area (TPSA) is 49.8 Å². The largest absolute Gasteiger partial charge is 0.392 e. The molecular weight excluding hydrogens is 302 g/mol. The molecule has 0 aliphatic carbocycles. The number of nitrogens with zero attached hydrogens (tertiary/aromatic N) is 1. The standard InChI is InChI=1S/C20H21NO3/c1-2-20(23)21(18-8-3-5-15(11-18)13-22)12-17-7-4-6-16-9-10-24-14-19(16)17/h2-8,11,22H,1,9-10,12-14H2. The van der Waals surface area contributed by atoms with Gasteiger partial charge in [-0.3, -0.25) is 4.79 Å². The maximum atomic E-state index is 12.4. The molecule has 1 amide bonds. The predicted octanol–water partition coefficient (Wildman–Crippen LogP) is 2.97. The van der Waals surface area contributed by atoms with Crippen molar-refractivity contribution in [1.29, 1.82) is 0 Å². The van der Waals surface area contributed by atoms with Gasteiger partial charge < -0.3 is 14.7 Å². The lowest BCUT2D eigenvalue weighted by atomic mass is 9.97. The minimum absolute atomic E-state index is 0.0570. The molecule has 24 heavy (non-hydrogen) atoms. The molecule has 0 aromatic heterocycles. The molecular formula is C20H21NO3. The van der Waals surface area contributed by atoms with Crippen molar-refractivity contribution in [2.45, 2.75) is 26.2 Å². The van der Waals surface area contributed by atoms with Gasteiger partial charge >= 0.3 is 0 Å². The third-order valence-corrected chi connectivity index (χ3v) is 4.31. The minimum Gasteiger partial charge on any atom is -0.392 e. The summed E-state index contributed by atoms with van der Waals surface area (Å²) in [6.07, 6.45) is 2.22. The second-order valence-electron chi connectivity index (χ2n) is 5.81. The Morgan fingerprint density at radius 3 is 2.92 bits per heavy atom. The van der Waals surface area contributed by atoms with Crippen LogP contribution >= 0.6 is 0 Å². The summed E-state index contributed by atoms with van der Waals surface area (Å²) >= 11 is 0. The Balaban J connectivity index is 1.96. The Morgan fingerprint density at radius 2 is 2.12 bits per heavy atom. The molecule has 4 heteroatoms. The van der Waals surface area contributed by atoms with E-state index in [1.54, 1.807) is 4.90 Å². The molecule has 0 radical (unpaired) electrons. The number of aliphatic hydroxyl groups is 1. The number of carbonyl (C=O) groups is 1. The van der Waals surface area contributed by atoms with E-state index in [9.17, 15) is 9.90 Å². The highest BCUT2D eigenvalue weighted by Crippen LogP contribution is 2.25. The molecule has 124 valence electrons. The summed E-state index contributed by atoms with van der Waals surface area (Å²) in [7, 11) is 0. The van der Waals surface area contributed by atoms with Crippen molar-refractivity contribution in [3.8, 4) is 0 Å². The smallest absolute Gasteiger partial charge is 0.250 e. The van der Waals surface area contributed by atoms with E-state index >= 15 is 0 Å². The molecule has 1 N–H and O–H groups in total. The second kappa shape index (κ2) is 7.43. The molecule has 1 heterocycles. The zero-order valence-electron chi connectivity index (χ0n) is 13.6. The Morgan fingerprint density at radius 1 is 1.29 bits per heavy atom. The van der Waals surface area contributed by atoms with Crippen LogP contribution in [0.15, 0.2) is 55.1 Å². The normalized spacial score (nSPS) is 13.2. The van der Waals surface area contributed by atoms with Crippen molar-refractivity contribution in [2.24, 2.45) is 0 Å². The van der Waals surface area contributed by atoms with E-state index in [0.717, 1.165) is 29.8 Å². The first-order chi connectivity index (χ1) is 11.7. The van der Waals surface area contributed by atoms with E-state index in [1.165, 1.54) is 17.2 Å². The third kappa shape index (κ3) is 3.40. The quantitative estimate of drug-likeness (QED) is 0.861. The van der Waals surface area contributed by atoms with E-state index < -0.39 is 0 Å². The number of aliphatic hydroxyl groups excluding tert-OH is 1. The maximum Gasteiger partial charge on any atom is 0.250 e. The number of anilines is 1. The van der Waals surface area contributed by atoms with Crippen LogP contribution in [0.4, 0.5) is 5.69 Å². The molecule has 2 aromatic carbocycles. The van der Waals surface area contributed by atoms with Crippen molar-refractivity contribution in [3.63, 3.8) is 0 Å². The molecule has 1 aliphatic heterocycles. The van der Waals surface area contributed by atoms with Gasteiger partial charge in [-0.15, -0.1) is 0 Å². The number of fused-ring (bicyclic) bond motifs is 1. The number of rotatable bonds is 5. The minimum atomic E-state index is -0.167. The van der Waals surface area contributed by atoms with Crippen molar-refractivity contribution in [1.82, 2.24) is 0 Å². The van der Waals surface area contributed by atoms with Crippen LogP contribution in [0, 0.1) is 0 Å². The van der Waals surface area contributed by atoms with E-state index in [4.69, 9.17) is 4.74 Å². The monoisotopic (exact) mass is 323 g/mol. The van der Waals surface area contributed by atoms with Gasteiger partial charge in [-0.25, -0.2) is 0 Å². The van der Waals surface area contributed by atoms with Crippen LogP contribution in [0.5, 0.6) is 0 Å². The van der Waals surface area contributed by atoms with Crippen molar-refractivity contribution < 1.29 is 14.6 Å². The summed E-state index contributed by atoms with van der Waals surface area (Å²) < 4.78 is 5.59. The molecule has 1 aliphatic rings. The first-order valence-corrected chi connectivity index (χ1v) is 8.04. The van der Waals surface area contributed by atoms with Crippen LogP contribution in [0.1, 0.15) is 22.3 Å². The fraction of sp³-hybridized carbons (Fsp3) is 0.250. The Hall–Kier alpha value is -2.43. The van der Waals surface area contributed by atoms with E-state index in [1.807, 2.05) is 36.4 Å². The molecule has 0 unspecified atom stereocenters. The summed E-state index contributed by atoms with van der Waals surface area (Å²) in [4.78, 5) is 14.1. The maximum absolute atomic E-state index is 12.4. The van der Waals surface area contributed by atoms with Gasteiger partial charge in [0, 0.05) is 5.69 Å². The van der Waals surface area contributed by atoms with E-state index in [2.05, 4.69) is 12.6 Å². The highest BCUT2D eigenvalue weighted by molar-refractivity contribution is 6.01. The number of carbonyl (C=O) groups excluding carboxylic acids is 1. The Bertz CT molecular complexity index is 754. The van der Waals surface area contributed by atoms with Crippen LogP contribution < -0.4 is 4.90 Å². The van der Waals surface area contributed by atoms with Crippen molar-refractivity contribution in [2.75, 3.05) is 11.5 Å². The zero-order chi connectivity index (χ0) is 16.9. The fourth-order valence-corrected chi connectivity index (χ4v) is 3.01. The van der Waals surface area contributed by atoms with Gasteiger partial charge in [0.2, 0.25) is 0 Å². The SMILES string of the molecule is C=CC(=O)N(Cc1cccc2c1COCC2)c1cccc(CO)c1. The highest BCUT2D eigenvalue weighted by atomic mass is 16.5. The fourth-order valence-electron chi connectivity index (χ4n) is 3.01. The number of ether oxygens (including phenoxy) is 1. The molecule has 2 aromatic rings. The van der Waals surface area contributed by atoms with Gasteiger partial charge in [-0.05, 0) is 46.9 Å². The summed E-state index contributed by atoms with van der Waals surface area (Å²) in [5.74, 6) is -0.167. The first-order valence-electron chi connectivity index (χ1n) is 8.04. The molecule has 4 nitrogen and oxygen atoms in total. The van der Waals surface area contributed by atoms with Gasteiger partial charge in [0.15, 0.2) is 0 Å². The first kappa shape index (κ1) is 16.4. The third-order valence-electron chi connectivity index (χ3n) is 4.31. The Kier molecular flexibility index (Phi) is 5.08. The van der Waals surface area contributed by atoms with Crippen LogP contribution in [0.25, 0.3) is 0 Å². The highest BCUT2D eigenvalue weighted by Gasteiger charge is 2.19. The lowest BCUT2D eigenvalue weighted by Crippen LogP contribution is -2.29. The lowest BCUT2D eigenvalue weighted by Gasteiger charge is -2.26. The van der Waals surface area contributed by atoms with Crippen LogP contribution in [-0.4, -0.2) is 17.6 Å². The molecule has 0 fully saturated rings. The van der Waals surface area contributed by atoms with Gasteiger partial charge in [0.1, 0.15) is 0 Å². The second-order valence-corrected chi connectivity index (χ2v) is 5.81. The number of hydrogen-bond donors (Lipinski definition) is 1. The molecule has 0 saturated heterocycles. The molecule has 0 spiro atoms. The summed E-state index contributed by atoms with van der Waals surface area (Å²) in [6, 6.07) is 13.5. The van der Waals surface area contributed by atoms with E-state index in [0.29, 0.717) is 13.2 Å². The number of hydrogen-bond acceptors (Lipinski definition) is 3. The van der Waals surface area contributed by atoms with Gasteiger partial charge in [-0.1, -0.05) is 36.9 Å². The van der Waals surface area contributed by atoms with Gasteiger partial charge in [-0.2, -0.15) is 0 Å². The molecule has 0 saturated carbocycles. The van der Waals surface area contributed by atoms with Crippen molar-refractivity contribution >= 4 is 11.6 Å². The summed E-state index contributed by atoms with van der Waals surface area (Å²) in [5.41, 5.74) is 5.06. The lowest BCUT2D eigenvalue weighted by molar-refractivity contribution is -0.114. The Labute approximate surface area is 142 Å². The van der Waals surface area contributed by atoms with Crippen molar-refractivity contribution in [3.05, 3.63) is 77.4 Å². The number of benzene rings is 2. The van der Waals surface area contributed by atoms with Crippen LogP contribution in [0.2, 0.25) is 0 Å². The van der Waals surface area contributed by atoms with Gasteiger partial charge in [0.05, 0.1) is 26.4 Å². The molecule has 3 rings (SSSR count). The average Bonchev–Trinajstić information content (AvgIpc) is 2.65. The van der Waals surface area contributed by atoms with Crippen LogP contribution in [-0.2, 0) is 35.7 Å². The van der Waals surface area contributed by atoms with E-state index in [-0.39, 0.29) is 12.5 Å². The zero-order valence-corrected chi connectivity index (χ0v) is 13.6. The summed E-state index contributed by atoms with van der Waals surface area (Å²) in [5, 5.41) is 9.35. The van der Waals surface area contributed by atoms with Crippen LogP contribution in [0.3, 0.4) is 0 Å². The van der Waals surface area contributed by atoms with Gasteiger partial charge in [0.25, 0.3) is 5.91 Å². The average molecular weight is 323 g/mol. The molecule has 0 atom stereocenters. The predicted molar refractivity (Wildman–Crippen MR) is 93.6 cm³/mol. The number of amides is 1. The summed E-state index contributed by atoms with van der Waals surface area (Å²) in [6.45, 7) is 5.33.